The van der Waals surface area contributed by atoms with Gasteiger partial charge in [-0.3, -0.25) is 9.59 Å². The van der Waals surface area contributed by atoms with Crippen LogP contribution in [0.15, 0.2) is 119 Å². The van der Waals surface area contributed by atoms with Crippen LogP contribution in [0.3, 0.4) is 0 Å². The summed E-state index contributed by atoms with van der Waals surface area (Å²) in [6, 6.07) is 32.4. The van der Waals surface area contributed by atoms with Gasteiger partial charge in [0.1, 0.15) is 11.4 Å². The van der Waals surface area contributed by atoms with Crippen LogP contribution in [-0.2, 0) is 6.42 Å². The predicted octanol–water partition coefficient (Wildman–Crippen LogP) is 8.75. The first-order valence-electron chi connectivity index (χ1n) is 15.7. The first-order valence-corrected chi connectivity index (χ1v) is 16.5. The Morgan fingerprint density at radius 2 is 1.70 bits per heavy atom. The molecule has 1 aliphatic heterocycles. The van der Waals surface area contributed by atoms with Crippen LogP contribution in [0.25, 0.3) is 16.9 Å². The Bertz CT molecular complexity index is 2140. The number of amides is 2. The summed E-state index contributed by atoms with van der Waals surface area (Å²) in [7, 11) is 1.78. The number of nitrogens with one attached hydrogen (secondary N) is 1. The number of nitrogens with zero attached hydrogens (tertiary/aromatic N) is 3. The van der Waals surface area contributed by atoms with Gasteiger partial charge in [-0.25, -0.2) is 4.98 Å². The van der Waals surface area contributed by atoms with E-state index >= 15 is 0 Å². The predicted molar refractivity (Wildman–Crippen MR) is 188 cm³/mol. The molecule has 7 nitrogen and oxygen atoms in total. The molecule has 0 saturated heterocycles. The summed E-state index contributed by atoms with van der Waals surface area (Å²) in [5, 5.41) is 12.9. The molecule has 6 aromatic rings. The number of aromatic nitrogens is 2. The number of imidazole rings is 1. The number of phenolic OH excluding ortho intramolecular Hbond substituents is 1. The Labute approximate surface area is 277 Å². The third-order valence-electron chi connectivity index (χ3n) is 8.88. The molecule has 47 heavy (non-hydrogen) atoms. The van der Waals surface area contributed by atoms with Gasteiger partial charge in [0.25, 0.3) is 11.8 Å². The van der Waals surface area contributed by atoms with Gasteiger partial charge < -0.3 is 19.7 Å². The highest BCUT2D eigenvalue weighted by atomic mass is 32.2. The summed E-state index contributed by atoms with van der Waals surface area (Å²) < 4.78 is 2.17. The number of pyridine rings is 1. The molecule has 1 aliphatic rings. The summed E-state index contributed by atoms with van der Waals surface area (Å²) in [5.41, 5.74) is 8.86. The number of benzene rings is 4. The number of rotatable bonds is 7. The molecule has 2 N–H and O–H groups in total. The number of hydrogen-bond donors (Lipinski definition) is 2. The first-order chi connectivity index (χ1) is 22.8. The van der Waals surface area contributed by atoms with Crippen molar-refractivity contribution in [3.8, 4) is 17.0 Å². The average molecular weight is 639 g/mol. The lowest BCUT2D eigenvalue weighted by Crippen LogP contribution is -2.26. The monoisotopic (exact) mass is 638 g/mol. The molecule has 8 heteroatoms. The van der Waals surface area contributed by atoms with Crippen molar-refractivity contribution < 1.29 is 14.7 Å². The molecule has 1 unspecified atom stereocenters. The van der Waals surface area contributed by atoms with Crippen LogP contribution in [0.5, 0.6) is 5.75 Å². The second-order valence-electron chi connectivity index (χ2n) is 11.9. The molecule has 0 aliphatic carbocycles. The van der Waals surface area contributed by atoms with Crippen molar-refractivity contribution >= 4 is 40.6 Å². The van der Waals surface area contributed by atoms with Crippen LogP contribution in [0.1, 0.15) is 56.8 Å². The molecular formula is C39H34N4O3S. The molecular weight excluding hydrogens is 605 g/mol. The van der Waals surface area contributed by atoms with E-state index in [0.29, 0.717) is 16.8 Å². The highest BCUT2D eigenvalue weighted by Crippen LogP contribution is 2.42. The number of carbonyl (C=O) groups excluding carboxylic acids is 2. The fourth-order valence-electron chi connectivity index (χ4n) is 6.23. The van der Waals surface area contributed by atoms with Gasteiger partial charge in [-0.05, 0) is 110 Å². The molecule has 2 amide bonds. The normalized spacial score (nSPS) is 13.2. The number of aromatic hydroxyl groups is 1. The minimum atomic E-state index is -0.195. The summed E-state index contributed by atoms with van der Waals surface area (Å²) in [4.78, 5) is 34.9. The van der Waals surface area contributed by atoms with E-state index in [9.17, 15) is 14.7 Å². The molecule has 2 aromatic heterocycles. The largest absolute Gasteiger partial charge is 0.508 e. The summed E-state index contributed by atoms with van der Waals surface area (Å²) in [6.07, 6.45) is 3.73. The molecule has 3 heterocycles. The van der Waals surface area contributed by atoms with Gasteiger partial charge in [-0.1, -0.05) is 49.0 Å². The van der Waals surface area contributed by atoms with Gasteiger partial charge in [0.2, 0.25) is 0 Å². The lowest BCUT2D eigenvalue weighted by atomic mass is 9.90. The minimum Gasteiger partial charge on any atom is -0.508 e. The quantitative estimate of drug-likeness (QED) is 0.183. The zero-order chi connectivity index (χ0) is 32.7. The number of fused-ring (bicyclic) bond motifs is 3. The topological polar surface area (TPSA) is 86.9 Å². The van der Waals surface area contributed by atoms with Crippen LogP contribution in [0, 0.1) is 6.92 Å². The van der Waals surface area contributed by atoms with Crippen molar-refractivity contribution in [3.05, 3.63) is 137 Å². The Balaban J connectivity index is 1.12. The number of hydrogen-bond acceptors (Lipinski definition) is 5. The van der Waals surface area contributed by atoms with E-state index in [1.807, 2.05) is 84.9 Å². The van der Waals surface area contributed by atoms with E-state index in [-0.39, 0.29) is 23.5 Å². The number of phenols is 1. The highest BCUT2D eigenvalue weighted by molar-refractivity contribution is 7.99. The van der Waals surface area contributed by atoms with E-state index in [0.717, 1.165) is 62.0 Å². The average Bonchev–Trinajstić information content (AvgIpc) is 3.42. The van der Waals surface area contributed by atoms with Crippen LogP contribution < -0.4 is 10.2 Å². The second-order valence-corrected chi connectivity index (χ2v) is 13.0. The molecule has 0 spiro atoms. The minimum absolute atomic E-state index is 0.0535. The summed E-state index contributed by atoms with van der Waals surface area (Å²) in [5.74, 6) is 0.177. The highest BCUT2D eigenvalue weighted by Gasteiger charge is 2.25. The van der Waals surface area contributed by atoms with Gasteiger partial charge in [-0.15, -0.1) is 0 Å². The Morgan fingerprint density at radius 1 is 0.936 bits per heavy atom. The summed E-state index contributed by atoms with van der Waals surface area (Å²) in [6.45, 7) is 4.25. The number of carbonyl (C=O) groups is 2. The molecule has 0 fully saturated rings. The van der Waals surface area contributed by atoms with Crippen molar-refractivity contribution in [1.82, 2.24) is 9.38 Å². The second kappa shape index (κ2) is 12.5. The zero-order valence-corrected chi connectivity index (χ0v) is 27.2. The van der Waals surface area contributed by atoms with Gasteiger partial charge in [0, 0.05) is 39.8 Å². The van der Waals surface area contributed by atoms with Gasteiger partial charge in [0.05, 0.1) is 22.6 Å². The number of aryl methyl sites for hydroxylation is 1. The summed E-state index contributed by atoms with van der Waals surface area (Å²) >= 11 is 1.53. The van der Waals surface area contributed by atoms with Crippen molar-refractivity contribution in [2.45, 2.75) is 42.4 Å². The third kappa shape index (κ3) is 5.77. The third-order valence-corrected chi connectivity index (χ3v) is 10.0. The van der Waals surface area contributed by atoms with Crippen LogP contribution in [-0.4, -0.2) is 33.4 Å². The van der Waals surface area contributed by atoms with Gasteiger partial charge in [-0.2, -0.15) is 0 Å². The fourth-order valence-corrected chi connectivity index (χ4v) is 7.38. The van der Waals surface area contributed by atoms with E-state index in [1.54, 1.807) is 24.1 Å². The van der Waals surface area contributed by atoms with Crippen LogP contribution in [0.2, 0.25) is 0 Å². The van der Waals surface area contributed by atoms with E-state index in [2.05, 4.69) is 35.8 Å². The molecule has 1 atom stereocenters. The van der Waals surface area contributed by atoms with Crippen LogP contribution in [0.4, 0.5) is 11.4 Å². The maximum absolute atomic E-state index is 13.4. The van der Waals surface area contributed by atoms with Crippen molar-refractivity contribution in [3.63, 3.8) is 0 Å². The van der Waals surface area contributed by atoms with E-state index in [4.69, 9.17) is 4.98 Å². The van der Waals surface area contributed by atoms with E-state index in [1.165, 1.54) is 11.8 Å². The fraction of sp³-hybridized carbons (Fsp3) is 0.154. The van der Waals surface area contributed by atoms with Crippen molar-refractivity contribution in [1.29, 1.82) is 0 Å². The van der Waals surface area contributed by atoms with Crippen LogP contribution >= 0.6 is 11.8 Å². The lowest BCUT2D eigenvalue weighted by molar-refractivity contribution is 0.0988. The number of anilines is 2. The molecule has 0 radical (unpaired) electrons. The molecule has 7 rings (SSSR count). The van der Waals surface area contributed by atoms with E-state index < -0.39 is 0 Å². The smallest absolute Gasteiger partial charge is 0.259 e. The first kappa shape index (κ1) is 30.3. The SMILES string of the molecule is CCC(Cc1c(-c2ccc(O)cc2)nc2c(C)cccn12)c1ccc(C(=O)Nc2ccc3c(c2)Sc2ccccc2C(=O)N3C)cc1. The molecule has 0 bridgehead atoms. The standard InChI is InChI=1S/C39H34N4O3S/c1-4-25(22-33-36(27-15-18-30(44)19-16-27)41-37-24(2)8-7-21-43(33)37)26-11-13-28(14-12-26)38(45)40-29-17-20-32-35(23-29)47-34-10-6-5-9-31(34)39(46)42(32)3/h5-21,23,25,44H,4,22H2,1-3H3,(H,40,45). The maximum atomic E-state index is 13.4. The molecule has 234 valence electrons. The van der Waals surface area contributed by atoms with Crippen molar-refractivity contribution in [2.75, 3.05) is 17.3 Å². The Kier molecular flexibility index (Phi) is 8.03. The Hall–Kier alpha value is -5.34. The van der Waals surface area contributed by atoms with Crippen molar-refractivity contribution in [2.24, 2.45) is 0 Å². The van der Waals surface area contributed by atoms with Gasteiger partial charge >= 0.3 is 0 Å². The molecule has 4 aromatic carbocycles. The zero-order valence-electron chi connectivity index (χ0n) is 26.4. The Morgan fingerprint density at radius 3 is 2.47 bits per heavy atom. The van der Waals surface area contributed by atoms with Gasteiger partial charge in [0.15, 0.2) is 0 Å². The maximum Gasteiger partial charge on any atom is 0.259 e. The lowest BCUT2D eigenvalue weighted by Gasteiger charge is -2.18. The molecule has 0 saturated carbocycles.